The van der Waals surface area contributed by atoms with Crippen LogP contribution in [0.1, 0.15) is 44.6 Å². The number of rotatable bonds is 12. The van der Waals surface area contributed by atoms with Crippen molar-refractivity contribution >= 4 is 27.5 Å². The Morgan fingerprint density at radius 1 is 0.905 bits per heavy atom. The molecule has 10 heteroatoms. The summed E-state index contributed by atoms with van der Waals surface area (Å²) in [4.78, 5) is 28.6. The van der Waals surface area contributed by atoms with Crippen LogP contribution >= 0.6 is 0 Å². The van der Waals surface area contributed by atoms with Gasteiger partial charge in [-0.05, 0) is 73.9 Å². The molecule has 0 spiro atoms. The molecular formula is C32H39N3O6S. The van der Waals surface area contributed by atoms with Gasteiger partial charge in [-0.2, -0.15) is 0 Å². The van der Waals surface area contributed by atoms with E-state index < -0.39 is 28.5 Å². The van der Waals surface area contributed by atoms with Crippen LogP contribution in [0.15, 0.2) is 78.9 Å². The van der Waals surface area contributed by atoms with Gasteiger partial charge in [-0.1, -0.05) is 49.6 Å². The van der Waals surface area contributed by atoms with Crippen LogP contribution in [0.4, 0.5) is 5.69 Å². The zero-order valence-corrected chi connectivity index (χ0v) is 25.2. The maximum Gasteiger partial charge on any atom is 0.244 e. The Bertz CT molecular complexity index is 1440. The van der Waals surface area contributed by atoms with Gasteiger partial charge in [0.1, 0.15) is 29.8 Å². The molecule has 1 aliphatic rings. The van der Waals surface area contributed by atoms with Gasteiger partial charge < -0.3 is 19.7 Å². The second-order valence-corrected chi connectivity index (χ2v) is 12.5. The first-order valence-corrected chi connectivity index (χ1v) is 16.0. The third kappa shape index (κ3) is 8.48. The minimum absolute atomic E-state index is 0.0756. The molecule has 0 saturated heterocycles. The monoisotopic (exact) mass is 593 g/mol. The van der Waals surface area contributed by atoms with Crippen molar-refractivity contribution in [3.63, 3.8) is 0 Å². The number of hydrogen-bond acceptors (Lipinski definition) is 6. The molecule has 0 radical (unpaired) electrons. The molecule has 3 aromatic rings. The van der Waals surface area contributed by atoms with Crippen molar-refractivity contribution in [1.29, 1.82) is 0 Å². The van der Waals surface area contributed by atoms with Crippen molar-refractivity contribution in [2.75, 3.05) is 24.2 Å². The van der Waals surface area contributed by atoms with Crippen molar-refractivity contribution in [3.05, 3.63) is 84.4 Å². The standard InChI is InChI=1S/C32H39N3O6S/c1-24(32(37)33-26-12-6-4-7-13-26)34(22-25-11-10-16-30(21-25)40-2)31(36)23-35(42(3,38)39)27-17-19-29(20-18-27)41-28-14-8-5-9-15-28/h5,8-11,14-21,24,26H,4,6-7,12-13,22-23H2,1-3H3,(H,33,37). The molecule has 0 aliphatic heterocycles. The number of methoxy groups -OCH3 is 1. The number of nitrogens with zero attached hydrogens (tertiary/aromatic N) is 2. The lowest BCUT2D eigenvalue weighted by molar-refractivity contribution is -0.139. The van der Waals surface area contributed by atoms with E-state index in [0.29, 0.717) is 22.9 Å². The quantitative estimate of drug-likeness (QED) is 0.313. The number of para-hydroxylation sites is 1. The smallest absolute Gasteiger partial charge is 0.244 e. The van der Waals surface area contributed by atoms with Gasteiger partial charge in [0.05, 0.1) is 19.1 Å². The summed E-state index contributed by atoms with van der Waals surface area (Å²) >= 11 is 0. The van der Waals surface area contributed by atoms with Crippen molar-refractivity contribution in [2.45, 2.75) is 57.7 Å². The molecule has 0 bridgehead atoms. The molecule has 9 nitrogen and oxygen atoms in total. The van der Waals surface area contributed by atoms with Crippen LogP contribution < -0.4 is 19.1 Å². The minimum atomic E-state index is -3.85. The summed E-state index contributed by atoms with van der Waals surface area (Å²) in [6, 6.07) is 22.2. The number of benzene rings is 3. The van der Waals surface area contributed by atoms with E-state index in [1.807, 2.05) is 42.5 Å². The second-order valence-electron chi connectivity index (χ2n) is 10.6. The Labute approximate surface area is 248 Å². The van der Waals surface area contributed by atoms with Crippen LogP contribution in [0.5, 0.6) is 17.2 Å². The number of nitrogens with one attached hydrogen (secondary N) is 1. The van der Waals surface area contributed by atoms with Gasteiger partial charge in [-0.3, -0.25) is 13.9 Å². The van der Waals surface area contributed by atoms with E-state index in [0.717, 1.165) is 48.2 Å². The van der Waals surface area contributed by atoms with Gasteiger partial charge >= 0.3 is 0 Å². The van der Waals surface area contributed by atoms with Crippen LogP contribution in [0.25, 0.3) is 0 Å². The Kier molecular flexibility index (Phi) is 10.5. The van der Waals surface area contributed by atoms with Crippen molar-refractivity contribution in [3.8, 4) is 17.2 Å². The fourth-order valence-electron chi connectivity index (χ4n) is 5.04. The van der Waals surface area contributed by atoms with Crippen molar-refractivity contribution in [1.82, 2.24) is 10.2 Å². The van der Waals surface area contributed by atoms with Crippen LogP contribution in [-0.2, 0) is 26.2 Å². The maximum absolute atomic E-state index is 13.9. The molecule has 0 heterocycles. The fraction of sp³-hybridized carbons (Fsp3) is 0.375. The molecule has 1 unspecified atom stereocenters. The van der Waals surface area contributed by atoms with E-state index in [9.17, 15) is 18.0 Å². The lowest BCUT2D eigenvalue weighted by Gasteiger charge is -2.33. The van der Waals surface area contributed by atoms with Crippen molar-refractivity contribution in [2.24, 2.45) is 0 Å². The van der Waals surface area contributed by atoms with Gasteiger partial charge in [-0.25, -0.2) is 8.42 Å². The highest BCUT2D eigenvalue weighted by atomic mass is 32.2. The molecule has 2 amide bonds. The third-order valence-corrected chi connectivity index (χ3v) is 8.53. The molecule has 1 atom stereocenters. The SMILES string of the molecule is COc1cccc(CN(C(=O)CN(c2ccc(Oc3ccccc3)cc2)S(C)(=O)=O)C(C)C(=O)NC2CCCCC2)c1. The van der Waals surface area contributed by atoms with Crippen LogP contribution in [0.3, 0.4) is 0 Å². The summed E-state index contributed by atoms with van der Waals surface area (Å²) in [6.45, 7) is 1.32. The zero-order chi connectivity index (χ0) is 30.1. The highest BCUT2D eigenvalue weighted by Crippen LogP contribution is 2.26. The molecule has 1 saturated carbocycles. The second kappa shape index (κ2) is 14.2. The first-order valence-electron chi connectivity index (χ1n) is 14.2. The minimum Gasteiger partial charge on any atom is -0.497 e. The highest BCUT2D eigenvalue weighted by molar-refractivity contribution is 7.92. The van der Waals surface area contributed by atoms with E-state index in [1.54, 1.807) is 50.4 Å². The number of amides is 2. The third-order valence-electron chi connectivity index (χ3n) is 7.39. The molecule has 224 valence electrons. The van der Waals surface area contributed by atoms with Gasteiger partial charge in [0.2, 0.25) is 21.8 Å². The average molecular weight is 594 g/mol. The van der Waals surface area contributed by atoms with Crippen LogP contribution in [0, 0.1) is 0 Å². The molecule has 42 heavy (non-hydrogen) atoms. The predicted octanol–water partition coefficient (Wildman–Crippen LogP) is 5.12. The van der Waals surface area contributed by atoms with E-state index in [4.69, 9.17) is 9.47 Å². The molecule has 1 aliphatic carbocycles. The number of anilines is 1. The molecule has 1 N–H and O–H groups in total. The first kappa shape index (κ1) is 30.9. The van der Waals surface area contributed by atoms with Crippen LogP contribution in [0.2, 0.25) is 0 Å². The lowest BCUT2D eigenvalue weighted by Crippen LogP contribution is -2.52. The zero-order valence-electron chi connectivity index (χ0n) is 24.4. The van der Waals surface area contributed by atoms with E-state index in [-0.39, 0.29) is 18.5 Å². The van der Waals surface area contributed by atoms with Gasteiger partial charge in [0.25, 0.3) is 0 Å². The first-order chi connectivity index (χ1) is 20.1. The van der Waals surface area contributed by atoms with Crippen molar-refractivity contribution < 1.29 is 27.5 Å². The number of carbonyl (C=O) groups excluding carboxylic acids is 2. The fourth-order valence-corrected chi connectivity index (χ4v) is 5.89. The highest BCUT2D eigenvalue weighted by Gasteiger charge is 2.31. The molecule has 0 aromatic heterocycles. The molecule has 3 aromatic carbocycles. The van der Waals surface area contributed by atoms with Gasteiger partial charge in [-0.15, -0.1) is 0 Å². The number of sulfonamides is 1. The summed E-state index contributed by atoms with van der Waals surface area (Å²) in [6.07, 6.45) is 6.15. The number of carbonyl (C=O) groups is 2. The molecule has 1 fully saturated rings. The predicted molar refractivity (Wildman–Crippen MR) is 163 cm³/mol. The van der Waals surface area contributed by atoms with Gasteiger partial charge in [0, 0.05) is 12.6 Å². The Morgan fingerprint density at radius 3 is 2.19 bits per heavy atom. The topological polar surface area (TPSA) is 105 Å². The summed E-state index contributed by atoms with van der Waals surface area (Å²) in [5.41, 5.74) is 1.07. The van der Waals surface area contributed by atoms with E-state index in [1.165, 1.54) is 4.90 Å². The largest absolute Gasteiger partial charge is 0.497 e. The van der Waals surface area contributed by atoms with Crippen LogP contribution in [-0.4, -0.2) is 57.1 Å². The summed E-state index contributed by atoms with van der Waals surface area (Å²) in [5, 5.41) is 3.10. The Morgan fingerprint density at radius 2 is 1.55 bits per heavy atom. The summed E-state index contributed by atoms with van der Waals surface area (Å²) < 4.78 is 38.0. The number of hydrogen-bond donors (Lipinski definition) is 1. The normalized spacial score (nSPS) is 14.5. The Balaban J connectivity index is 1.56. The summed E-state index contributed by atoms with van der Waals surface area (Å²) in [5.74, 6) is 1.03. The van der Waals surface area contributed by atoms with E-state index in [2.05, 4.69) is 5.32 Å². The molecular weight excluding hydrogens is 554 g/mol. The Hall–Kier alpha value is -4.05. The average Bonchev–Trinajstić information content (AvgIpc) is 2.99. The van der Waals surface area contributed by atoms with E-state index >= 15 is 0 Å². The maximum atomic E-state index is 13.9. The lowest BCUT2D eigenvalue weighted by atomic mass is 9.95. The molecule has 4 rings (SSSR count). The summed E-state index contributed by atoms with van der Waals surface area (Å²) in [7, 11) is -2.29. The van der Waals surface area contributed by atoms with Gasteiger partial charge in [0.15, 0.2) is 0 Å². The number of ether oxygens (including phenoxy) is 2.